The molecule has 0 aliphatic carbocycles. The van der Waals surface area contributed by atoms with E-state index in [2.05, 4.69) is 31.7 Å². The molecule has 0 amide bonds. The maximum atomic E-state index is 4.45. The summed E-state index contributed by atoms with van der Waals surface area (Å²) >= 11 is 3.14. The molecule has 2 N–H and O–H groups in total. The van der Waals surface area contributed by atoms with Gasteiger partial charge in [-0.25, -0.2) is 15.0 Å². The highest BCUT2D eigenvalue weighted by molar-refractivity contribution is 7.98. The van der Waals surface area contributed by atoms with Crippen LogP contribution < -0.4 is 10.6 Å². The predicted molar refractivity (Wildman–Crippen MR) is 86.3 cm³/mol. The van der Waals surface area contributed by atoms with Crippen LogP contribution in [-0.2, 0) is 0 Å². The highest BCUT2D eigenvalue weighted by Gasteiger charge is 2.04. The van der Waals surface area contributed by atoms with Crippen molar-refractivity contribution in [2.45, 2.75) is 5.16 Å². The number of nitrogens with one attached hydrogen (secondary N) is 2. The third-order valence-electron chi connectivity index (χ3n) is 2.75. The van der Waals surface area contributed by atoms with Gasteiger partial charge in [0, 0.05) is 18.8 Å². The Morgan fingerprint density at radius 1 is 1.15 bits per heavy atom. The van der Waals surface area contributed by atoms with Gasteiger partial charge in [0.1, 0.15) is 11.6 Å². The Balaban J connectivity index is 1.92. The summed E-state index contributed by atoms with van der Waals surface area (Å²) in [4.78, 5) is 13.1. The van der Waals surface area contributed by atoms with Crippen LogP contribution in [0.1, 0.15) is 0 Å². The summed E-state index contributed by atoms with van der Waals surface area (Å²) < 4.78 is 1.16. The largest absolute Gasteiger partial charge is 0.373 e. The Kier molecular flexibility index (Phi) is 3.70. The van der Waals surface area contributed by atoms with Gasteiger partial charge < -0.3 is 10.6 Å². The summed E-state index contributed by atoms with van der Waals surface area (Å²) in [7, 11) is 1.85. The standard InChI is InChI=1S/C13H13N5S2/c1-14-11-6-12(18-13(17-11)19-2)16-8-3-4-9-10(5-8)20-7-15-9/h3-7H,1-2H3,(H2,14,16,17,18). The van der Waals surface area contributed by atoms with Crippen molar-refractivity contribution in [2.75, 3.05) is 23.9 Å². The quantitative estimate of drug-likeness (QED) is 0.567. The maximum absolute atomic E-state index is 4.45. The second-order valence-electron chi connectivity index (χ2n) is 4.03. The van der Waals surface area contributed by atoms with E-state index in [0.29, 0.717) is 0 Å². The Bertz CT molecular complexity index is 718. The number of aromatic nitrogens is 3. The summed E-state index contributed by atoms with van der Waals surface area (Å²) in [5.74, 6) is 1.57. The third kappa shape index (κ3) is 2.68. The van der Waals surface area contributed by atoms with Gasteiger partial charge in [0.15, 0.2) is 5.16 Å². The molecule has 2 heterocycles. The van der Waals surface area contributed by atoms with E-state index in [4.69, 9.17) is 0 Å². The molecule has 20 heavy (non-hydrogen) atoms. The molecule has 0 saturated carbocycles. The van der Waals surface area contributed by atoms with Crippen molar-refractivity contribution in [3.63, 3.8) is 0 Å². The van der Waals surface area contributed by atoms with Crippen LogP contribution in [0.4, 0.5) is 17.3 Å². The summed E-state index contributed by atoms with van der Waals surface area (Å²) in [5, 5.41) is 7.09. The number of anilines is 3. The first-order chi connectivity index (χ1) is 9.78. The van der Waals surface area contributed by atoms with Gasteiger partial charge in [-0.3, -0.25) is 0 Å². The van der Waals surface area contributed by atoms with Gasteiger partial charge in [-0.05, 0) is 24.5 Å². The summed E-state index contributed by atoms with van der Waals surface area (Å²) in [6.45, 7) is 0. The van der Waals surface area contributed by atoms with E-state index in [1.54, 1.807) is 11.3 Å². The molecule has 3 rings (SSSR count). The molecule has 0 bridgehead atoms. The van der Waals surface area contributed by atoms with Gasteiger partial charge >= 0.3 is 0 Å². The molecular weight excluding hydrogens is 290 g/mol. The lowest BCUT2D eigenvalue weighted by atomic mass is 10.3. The molecule has 0 spiro atoms. The number of hydrogen-bond acceptors (Lipinski definition) is 7. The first-order valence-electron chi connectivity index (χ1n) is 5.99. The third-order valence-corrected chi connectivity index (χ3v) is 4.09. The van der Waals surface area contributed by atoms with Gasteiger partial charge in [-0.1, -0.05) is 11.8 Å². The molecule has 1 aromatic carbocycles. The summed E-state index contributed by atoms with van der Waals surface area (Å²) in [6.07, 6.45) is 1.96. The molecule has 0 aliphatic heterocycles. The zero-order valence-corrected chi connectivity index (χ0v) is 12.7. The average Bonchev–Trinajstić information content (AvgIpc) is 2.94. The van der Waals surface area contributed by atoms with Crippen LogP contribution in [0, 0.1) is 0 Å². The van der Waals surface area contributed by atoms with Crippen LogP contribution in [-0.4, -0.2) is 28.3 Å². The fourth-order valence-electron chi connectivity index (χ4n) is 1.79. The summed E-state index contributed by atoms with van der Waals surface area (Å²) in [6, 6.07) is 7.97. The molecule has 0 saturated heterocycles. The summed E-state index contributed by atoms with van der Waals surface area (Å²) in [5.41, 5.74) is 3.86. The van der Waals surface area contributed by atoms with Gasteiger partial charge in [0.2, 0.25) is 0 Å². The van der Waals surface area contributed by atoms with E-state index in [0.717, 1.165) is 32.7 Å². The monoisotopic (exact) mass is 303 g/mol. The number of nitrogens with zero attached hydrogens (tertiary/aromatic N) is 3. The van der Waals surface area contributed by atoms with Crippen LogP contribution in [0.5, 0.6) is 0 Å². The van der Waals surface area contributed by atoms with Crippen LogP contribution in [0.2, 0.25) is 0 Å². The highest BCUT2D eigenvalue weighted by Crippen LogP contribution is 2.25. The van der Waals surface area contributed by atoms with Crippen LogP contribution in [0.3, 0.4) is 0 Å². The molecule has 3 aromatic rings. The SMILES string of the molecule is CNc1cc(Nc2ccc3ncsc3c2)nc(SC)n1. The predicted octanol–water partition coefficient (Wildman–Crippen LogP) is 3.59. The fraction of sp³-hybridized carbons (Fsp3) is 0.154. The molecule has 0 aliphatic rings. The molecule has 7 heteroatoms. The molecule has 2 aromatic heterocycles. The van der Waals surface area contributed by atoms with Crippen LogP contribution in [0.15, 0.2) is 34.9 Å². The Hall–Kier alpha value is -1.86. The zero-order valence-electron chi connectivity index (χ0n) is 11.0. The van der Waals surface area contributed by atoms with Crippen LogP contribution in [0.25, 0.3) is 10.2 Å². The van der Waals surface area contributed by atoms with Gasteiger partial charge in [-0.2, -0.15) is 0 Å². The number of rotatable bonds is 4. The highest BCUT2D eigenvalue weighted by atomic mass is 32.2. The molecule has 5 nitrogen and oxygen atoms in total. The Labute approximate surface area is 124 Å². The number of fused-ring (bicyclic) bond motifs is 1. The molecule has 0 atom stereocenters. The topological polar surface area (TPSA) is 62.7 Å². The zero-order chi connectivity index (χ0) is 13.9. The number of thiazole rings is 1. The van der Waals surface area contributed by atoms with E-state index in [1.165, 1.54) is 11.8 Å². The molecule has 0 radical (unpaired) electrons. The van der Waals surface area contributed by atoms with Gasteiger partial charge in [0.05, 0.1) is 15.7 Å². The van der Waals surface area contributed by atoms with Crippen molar-refractivity contribution in [1.29, 1.82) is 0 Å². The van der Waals surface area contributed by atoms with Crippen molar-refractivity contribution in [3.8, 4) is 0 Å². The normalized spacial score (nSPS) is 10.7. The first-order valence-corrected chi connectivity index (χ1v) is 8.10. The van der Waals surface area contributed by atoms with Crippen molar-refractivity contribution in [1.82, 2.24) is 15.0 Å². The molecule has 102 valence electrons. The van der Waals surface area contributed by atoms with Crippen molar-refractivity contribution >= 4 is 50.6 Å². The van der Waals surface area contributed by atoms with Crippen molar-refractivity contribution in [2.24, 2.45) is 0 Å². The molecule has 0 unspecified atom stereocenters. The van der Waals surface area contributed by atoms with E-state index in [1.807, 2.05) is 37.0 Å². The van der Waals surface area contributed by atoms with E-state index in [-0.39, 0.29) is 0 Å². The van der Waals surface area contributed by atoms with E-state index in [9.17, 15) is 0 Å². The molecular formula is C13H13N5S2. The van der Waals surface area contributed by atoms with Crippen molar-refractivity contribution in [3.05, 3.63) is 29.8 Å². The van der Waals surface area contributed by atoms with E-state index < -0.39 is 0 Å². The van der Waals surface area contributed by atoms with Gasteiger partial charge in [-0.15, -0.1) is 11.3 Å². The Morgan fingerprint density at radius 2 is 2.00 bits per heavy atom. The van der Waals surface area contributed by atoms with E-state index >= 15 is 0 Å². The lowest BCUT2D eigenvalue weighted by molar-refractivity contribution is 0.977. The Morgan fingerprint density at radius 3 is 2.80 bits per heavy atom. The number of hydrogen-bond donors (Lipinski definition) is 2. The fourth-order valence-corrected chi connectivity index (χ4v) is 2.88. The lowest BCUT2D eigenvalue weighted by Crippen LogP contribution is -2.00. The first kappa shape index (κ1) is 13.1. The minimum Gasteiger partial charge on any atom is -0.373 e. The maximum Gasteiger partial charge on any atom is 0.191 e. The second-order valence-corrected chi connectivity index (χ2v) is 5.69. The second kappa shape index (κ2) is 5.64. The average molecular weight is 303 g/mol. The number of benzene rings is 1. The number of thioether (sulfide) groups is 1. The minimum absolute atomic E-state index is 0.734. The molecule has 0 fully saturated rings. The minimum atomic E-state index is 0.734. The lowest BCUT2D eigenvalue weighted by Gasteiger charge is -2.08. The van der Waals surface area contributed by atoms with Crippen LogP contribution >= 0.6 is 23.1 Å². The van der Waals surface area contributed by atoms with Gasteiger partial charge in [0.25, 0.3) is 0 Å². The smallest absolute Gasteiger partial charge is 0.191 e. The van der Waals surface area contributed by atoms with Crippen molar-refractivity contribution < 1.29 is 0 Å².